The predicted octanol–water partition coefficient (Wildman–Crippen LogP) is 5.09. The number of aliphatic imine (C=N–C) groups is 2. The summed E-state index contributed by atoms with van der Waals surface area (Å²) in [6, 6.07) is 17.8. The Bertz CT molecular complexity index is 676. The molecule has 2 aromatic carbocycles. The van der Waals surface area contributed by atoms with Crippen LogP contribution in [0.1, 0.15) is 12.0 Å². The van der Waals surface area contributed by atoms with E-state index in [1.54, 1.807) is 0 Å². The minimum Gasteiger partial charge on any atom is -0.252 e. The topological polar surface area (TPSA) is 24.7 Å². The summed E-state index contributed by atoms with van der Waals surface area (Å²) in [4.78, 5) is 8.65. The number of nitrogens with zero attached hydrogens (tertiary/aromatic N) is 2. The molecule has 0 unspecified atom stereocenters. The van der Waals surface area contributed by atoms with Gasteiger partial charge in [-0.05, 0) is 17.7 Å². The number of fused-ring (bicyclic) bond motifs is 1. The molecule has 1 aliphatic heterocycles. The van der Waals surface area contributed by atoms with Crippen LogP contribution in [0.5, 0.6) is 0 Å². The lowest BCUT2D eigenvalue weighted by atomic mass is 10.1. The summed E-state index contributed by atoms with van der Waals surface area (Å²) in [5.41, 5.74) is 4.36. The van der Waals surface area contributed by atoms with Crippen molar-refractivity contribution in [3.63, 3.8) is 0 Å². The van der Waals surface area contributed by atoms with Crippen molar-refractivity contribution in [3.05, 3.63) is 60.2 Å². The van der Waals surface area contributed by atoms with Gasteiger partial charge in [-0.25, -0.2) is 0 Å². The average Bonchev–Trinajstić information content (AvgIpc) is 2.67. The van der Waals surface area contributed by atoms with Crippen LogP contribution in [-0.2, 0) is 0 Å². The van der Waals surface area contributed by atoms with Gasteiger partial charge < -0.3 is 0 Å². The summed E-state index contributed by atoms with van der Waals surface area (Å²) >= 11 is 12.1. The van der Waals surface area contributed by atoms with Gasteiger partial charge in [0, 0.05) is 6.42 Å². The van der Waals surface area contributed by atoms with Crippen molar-refractivity contribution in [1.29, 1.82) is 0 Å². The molecule has 0 aromatic heterocycles. The van der Waals surface area contributed by atoms with Gasteiger partial charge in [0.25, 0.3) is 0 Å². The van der Waals surface area contributed by atoms with Gasteiger partial charge in [-0.1, -0.05) is 65.7 Å². The molecule has 0 bridgehead atoms. The maximum atomic E-state index is 6.03. The van der Waals surface area contributed by atoms with Crippen LogP contribution in [0.15, 0.2) is 64.6 Å². The van der Waals surface area contributed by atoms with Gasteiger partial charge in [-0.15, -0.1) is 0 Å². The van der Waals surface area contributed by atoms with Crippen molar-refractivity contribution < 1.29 is 0 Å². The van der Waals surface area contributed by atoms with E-state index in [4.69, 9.17) is 28.2 Å². The summed E-state index contributed by atoms with van der Waals surface area (Å²) in [6.45, 7) is 0. The van der Waals surface area contributed by atoms with Gasteiger partial charge in [0.05, 0.1) is 22.8 Å². The molecule has 0 fully saturated rings. The second kappa shape index (κ2) is 5.78. The Hall–Kier alpha value is -1.64. The first-order chi connectivity index (χ1) is 9.74. The van der Waals surface area contributed by atoms with Gasteiger partial charge in [0.15, 0.2) is 0 Å². The van der Waals surface area contributed by atoms with Crippen LogP contribution in [0, 0.1) is 0 Å². The fourth-order valence-corrected chi connectivity index (χ4v) is 2.38. The zero-order valence-corrected chi connectivity index (χ0v) is 12.1. The van der Waals surface area contributed by atoms with Crippen LogP contribution < -0.4 is 0 Å². The highest BCUT2D eigenvalue weighted by Gasteiger charge is 2.18. The Morgan fingerprint density at radius 1 is 0.800 bits per heavy atom. The molecule has 3 rings (SSSR count). The molecule has 0 amide bonds. The van der Waals surface area contributed by atoms with Crippen LogP contribution in [0.4, 0.5) is 11.4 Å². The molecule has 0 saturated heterocycles. The van der Waals surface area contributed by atoms with E-state index < -0.39 is 4.84 Å². The number of halogens is 2. The molecule has 20 heavy (non-hydrogen) atoms. The highest BCUT2D eigenvalue weighted by atomic mass is 35.5. The van der Waals surface area contributed by atoms with Crippen LogP contribution in [0.3, 0.4) is 0 Å². The molecular formula is C16H12Cl2N2. The molecule has 1 heterocycles. The molecule has 1 aliphatic rings. The number of rotatable bonds is 2. The first-order valence-corrected chi connectivity index (χ1v) is 7.19. The third-order valence-electron chi connectivity index (χ3n) is 3.11. The van der Waals surface area contributed by atoms with Crippen LogP contribution >= 0.6 is 23.2 Å². The van der Waals surface area contributed by atoms with E-state index in [0.717, 1.165) is 28.4 Å². The third kappa shape index (κ3) is 2.77. The first-order valence-electron chi connectivity index (χ1n) is 6.31. The van der Waals surface area contributed by atoms with Gasteiger partial charge in [0.1, 0.15) is 4.84 Å². The normalized spacial score (nSPS) is 14.3. The Morgan fingerprint density at radius 2 is 1.40 bits per heavy atom. The molecule has 0 N–H and O–H groups in total. The van der Waals surface area contributed by atoms with E-state index in [0.29, 0.717) is 6.42 Å². The summed E-state index contributed by atoms with van der Waals surface area (Å²) in [5, 5.41) is 0. The largest absolute Gasteiger partial charge is 0.252 e. The number of hydrogen-bond donors (Lipinski definition) is 0. The van der Waals surface area contributed by atoms with Crippen molar-refractivity contribution in [2.75, 3.05) is 0 Å². The van der Waals surface area contributed by atoms with Gasteiger partial charge >= 0.3 is 0 Å². The van der Waals surface area contributed by atoms with Crippen LogP contribution in [-0.4, -0.2) is 16.3 Å². The van der Waals surface area contributed by atoms with Crippen molar-refractivity contribution in [2.24, 2.45) is 9.98 Å². The lowest BCUT2D eigenvalue weighted by molar-refractivity contribution is 1.41. The highest BCUT2D eigenvalue weighted by Crippen LogP contribution is 2.32. The molecule has 4 heteroatoms. The minimum atomic E-state index is -0.630. The van der Waals surface area contributed by atoms with Crippen LogP contribution in [0.25, 0.3) is 0 Å². The smallest absolute Gasteiger partial charge is 0.146 e. The summed E-state index contributed by atoms with van der Waals surface area (Å²) in [7, 11) is 0. The molecule has 0 saturated carbocycles. The maximum absolute atomic E-state index is 6.03. The fourth-order valence-electron chi connectivity index (χ4n) is 2.13. The number of hydrogen-bond acceptors (Lipinski definition) is 2. The second-order valence-electron chi connectivity index (χ2n) is 4.49. The Morgan fingerprint density at radius 3 is 2.05 bits per heavy atom. The van der Waals surface area contributed by atoms with E-state index in [1.165, 1.54) is 0 Å². The molecular weight excluding hydrogens is 291 g/mol. The first kappa shape index (κ1) is 13.3. The van der Waals surface area contributed by atoms with Gasteiger partial charge in [-0.2, -0.15) is 0 Å². The van der Waals surface area contributed by atoms with Crippen molar-refractivity contribution in [3.8, 4) is 0 Å². The Labute approximate surface area is 127 Å². The van der Waals surface area contributed by atoms with E-state index in [2.05, 4.69) is 4.99 Å². The molecule has 0 spiro atoms. The summed E-state index contributed by atoms with van der Waals surface area (Å²) in [6.07, 6.45) is 0.552. The zero-order valence-electron chi connectivity index (χ0n) is 10.6. The second-order valence-corrected chi connectivity index (χ2v) is 5.59. The van der Waals surface area contributed by atoms with Gasteiger partial charge in [0.2, 0.25) is 0 Å². The average molecular weight is 303 g/mol. The Balaban J connectivity index is 2.13. The monoisotopic (exact) mass is 302 g/mol. The highest BCUT2D eigenvalue weighted by molar-refractivity contribution is 6.55. The molecule has 2 aromatic rings. The van der Waals surface area contributed by atoms with E-state index >= 15 is 0 Å². The minimum absolute atomic E-state index is 0.552. The number of alkyl halides is 2. The maximum Gasteiger partial charge on any atom is 0.146 e. The summed E-state index contributed by atoms with van der Waals surface area (Å²) < 4.78 is 0. The Kier molecular flexibility index (Phi) is 3.86. The third-order valence-corrected chi connectivity index (χ3v) is 3.61. The molecule has 100 valence electrons. The quantitative estimate of drug-likeness (QED) is 0.691. The molecule has 0 aliphatic carbocycles. The van der Waals surface area contributed by atoms with Crippen molar-refractivity contribution >= 4 is 46.0 Å². The van der Waals surface area contributed by atoms with Crippen molar-refractivity contribution in [1.82, 2.24) is 0 Å². The van der Waals surface area contributed by atoms with Gasteiger partial charge in [-0.3, -0.25) is 9.98 Å². The zero-order chi connectivity index (χ0) is 13.9. The lowest BCUT2D eigenvalue weighted by Gasteiger charge is -2.07. The summed E-state index contributed by atoms with van der Waals surface area (Å²) in [5.74, 6) is 0. The van der Waals surface area contributed by atoms with Crippen molar-refractivity contribution in [2.45, 2.75) is 11.3 Å². The molecule has 2 nitrogen and oxygen atoms in total. The number of para-hydroxylation sites is 2. The fraction of sp³-hybridized carbons (Fsp3) is 0.125. The van der Waals surface area contributed by atoms with E-state index in [-0.39, 0.29) is 0 Å². The standard InChI is InChI=1S/C16H12Cl2N2/c17-16(18)15-10-14(11-6-2-1-3-7-11)19-12-8-4-5-9-13(12)20-15/h1-9,16H,10H2. The number of benzene rings is 2. The van der Waals surface area contributed by atoms with Crippen LogP contribution in [0.2, 0.25) is 0 Å². The van der Waals surface area contributed by atoms with E-state index in [9.17, 15) is 0 Å². The molecule has 0 radical (unpaired) electrons. The predicted molar refractivity (Wildman–Crippen MR) is 86.3 cm³/mol. The molecule has 0 atom stereocenters. The SMILES string of the molecule is ClC(Cl)C1=Nc2ccccc2N=C(c2ccccc2)C1. The van der Waals surface area contributed by atoms with E-state index in [1.807, 2.05) is 54.6 Å². The lowest BCUT2D eigenvalue weighted by Crippen LogP contribution is -2.14.